The van der Waals surface area contributed by atoms with Gasteiger partial charge >= 0.3 is 0 Å². The van der Waals surface area contributed by atoms with Crippen LogP contribution in [-0.4, -0.2) is 35.7 Å². The summed E-state index contributed by atoms with van der Waals surface area (Å²) in [6.07, 6.45) is 6.53. The number of nitrogens with zero attached hydrogens (tertiary/aromatic N) is 3. The summed E-state index contributed by atoms with van der Waals surface area (Å²) in [5.74, 6) is 1.13. The third-order valence-corrected chi connectivity index (χ3v) is 3.28. The molecule has 2 rings (SSSR count). The van der Waals surface area contributed by atoms with Gasteiger partial charge in [0.25, 0.3) is 0 Å². The van der Waals surface area contributed by atoms with E-state index in [0.29, 0.717) is 12.1 Å². The van der Waals surface area contributed by atoms with Crippen LogP contribution in [0, 0.1) is 0 Å². The van der Waals surface area contributed by atoms with E-state index in [2.05, 4.69) is 39.8 Å². The van der Waals surface area contributed by atoms with Crippen LogP contribution in [0.4, 0.5) is 5.95 Å². The number of hydrogen-bond donors (Lipinski definition) is 1. The monoisotopic (exact) mass is 222 g/mol. The van der Waals surface area contributed by atoms with Crippen molar-refractivity contribution in [2.45, 2.75) is 38.8 Å². The molecule has 0 aliphatic carbocycles. The molecule has 90 valence electrons. The lowest BCUT2D eigenvalue weighted by molar-refractivity contribution is 0.558. The Kier molecular flexibility index (Phi) is 3.49. The molecule has 0 aromatic carbocycles. The van der Waals surface area contributed by atoms with E-state index in [0.717, 1.165) is 19.0 Å². The molecular weight excluding hydrogens is 200 g/mol. The van der Waals surface area contributed by atoms with E-state index in [1.165, 1.54) is 12.8 Å². The molecular formula is C12H22N4. The number of imidazole rings is 1. The minimum absolute atomic E-state index is 0.480. The highest BCUT2D eigenvalue weighted by Gasteiger charge is 2.27. The van der Waals surface area contributed by atoms with Crippen molar-refractivity contribution < 1.29 is 0 Å². The standard InChI is InChI=1S/C12H22N4/c1-10(2)15-8-6-14-12(15)16-7-4-5-11(16)9-13-3/h6,8,10-11,13H,4-5,7,9H2,1-3H3. The summed E-state index contributed by atoms with van der Waals surface area (Å²) >= 11 is 0. The highest BCUT2D eigenvalue weighted by molar-refractivity contribution is 5.35. The molecule has 0 amide bonds. The van der Waals surface area contributed by atoms with Gasteiger partial charge in [-0.3, -0.25) is 0 Å². The first-order chi connectivity index (χ1) is 7.74. The summed E-state index contributed by atoms with van der Waals surface area (Å²) in [5.41, 5.74) is 0. The SMILES string of the molecule is CNCC1CCCN1c1nccn1C(C)C. The molecule has 1 aliphatic rings. The fourth-order valence-corrected chi connectivity index (χ4v) is 2.48. The topological polar surface area (TPSA) is 33.1 Å². The fourth-order valence-electron chi connectivity index (χ4n) is 2.48. The Balaban J connectivity index is 2.19. The lowest BCUT2D eigenvalue weighted by atomic mass is 10.2. The number of aromatic nitrogens is 2. The molecule has 1 aromatic heterocycles. The molecule has 1 N–H and O–H groups in total. The van der Waals surface area contributed by atoms with Crippen molar-refractivity contribution in [2.24, 2.45) is 0 Å². The first kappa shape index (κ1) is 11.5. The molecule has 0 spiro atoms. The van der Waals surface area contributed by atoms with Gasteiger partial charge in [-0.15, -0.1) is 0 Å². The molecule has 1 unspecified atom stereocenters. The van der Waals surface area contributed by atoms with E-state index in [9.17, 15) is 0 Å². The lowest BCUT2D eigenvalue weighted by Crippen LogP contribution is -2.38. The minimum atomic E-state index is 0.480. The quantitative estimate of drug-likeness (QED) is 0.841. The summed E-state index contributed by atoms with van der Waals surface area (Å²) in [7, 11) is 2.02. The summed E-state index contributed by atoms with van der Waals surface area (Å²) in [6.45, 7) is 6.59. The van der Waals surface area contributed by atoms with Crippen molar-refractivity contribution in [3.05, 3.63) is 12.4 Å². The molecule has 1 atom stereocenters. The third kappa shape index (κ3) is 2.07. The second-order valence-electron chi connectivity index (χ2n) is 4.78. The average molecular weight is 222 g/mol. The van der Waals surface area contributed by atoms with Gasteiger partial charge in [-0.25, -0.2) is 4.98 Å². The first-order valence-corrected chi connectivity index (χ1v) is 6.18. The normalized spacial score (nSPS) is 21.0. The maximum Gasteiger partial charge on any atom is 0.205 e. The highest BCUT2D eigenvalue weighted by Crippen LogP contribution is 2.25. The predicted molar refractivity (Wildman–Crippen MR) is 66.9 cm³/mol. The molecule has 16 heavy (non-hydrogen) atoms. The van der Waals surface area contributed by atoms with E-state index in [1.807, 2.05) is 13.2 Å². The van der Waals surface area contributed by atoms with E-state index in [1.54, 1.807) is 0 Å². The second kappa shape index (κ2) is 4.87. The molecule has 1 fully saturated rings. The Morgan fingerprint density at radius 3 is 3.06 bits per heavy atom. The van der Waals surface area contributed by atoms with Crippen molar-refractivity contribution in [3.63, 3.8) is 0 Å². The summed E-state index contributed by atoms with van der Waals surface area (Å²) in [6, 6.07) is 1.08. The van der Waals surface area contributed by atoms with Crippen molar-refractivity contribution in [2.75, 3.05) is 25.0 Å². The van der Waals surface area contributed by atoms with Crippen LogP contribution in [0.2, 0.25) is 0 Å². The van der Waals surface area contributed by atoms with Gasteiger partial charge in [0.15, 0.2) is 0 Å². The van der Waals surface area contributed by atoms with E-state index in [-0.39, 0.29) is 0 Å². The Labute approximate surface area is 97.7 Å². The fraction of sp³-hybridized carbons (Fsp3) is 0.750. The van der Waals surface area contributed by atoms with Gasteiger partial charge in [0.2, 0.25) is 5.95 Å². The molecule has 2 heterocycles. The van der Waals surface area contributed by atoms with Gasteiger partial charge < -0.3 is 14.8 Å². The highest BCUT2D eigenvalue weighted by atomic mass is 15.3. The number of nitrogens with one attached hydrogen (secondary N) is 1. The number of anilines is 1. The molecule has 0 radical (unpaired) electrons. The largest absolute Gasteiger partial charge is 0.338 e. The Morgan fingerprint density at radius 2 is 2.38 bits per heavy atom. The Morgan fingerprint density at radius 1 is 1.56 bits per heavy atom. The second-order valence-corrected chi connectivity index (χ2v) is 4.78. The molecule has 0 saturated carbocycles. The van der Waals surface area contributed by atoms with Crippen molar-refractivity contribution >= 4 is 5.95 Å². The molecule has 0 bridgehead atoms. The Hall–Kier alpha value is -1.03. The summed E-state index contributed by atoms with van der Waals surface area (Å²) < 4.78 is 2.26. The van der Waals surface area contributed by atoms with Crippen LogP contribution in [0.1, 0.15) is 32.7 Å². The van der Waals surface area contributed by atoms with Crippen LogP contribution >= 0.6 is 0 Å². The van der Waals surface area contributed by atoms with E-state index < -0.39 is 0 Å². The third-order valence-electron chi connectivity index (χ3n) is 3.28. The smallest absolute Gasteiger partial charge is 0.205 e. The zero-order valence-corrected chi connectivity index (χ0v) is 10.5. The maximum absolute atomic E-state index is 4.51. The summed E-state index contributed by atoms with van der Waals surface area (Å²) in [4.78, 5) is 6.95. The molecule has 4 nitrogen and oxygen atoms in total. The zero-order valence-electron chi connectivity index (χ0n) is 10.5. The minimum Gasteiger partial charge on any atom is -0.338 e. The molecule has 4 heteroatoms. The van der Waals surface area contributed by atoms with Crippen LogP contribution in [-0.2, 0) is 0 Å². The van der Waals surface area contributed by atoms with E-state index in [4.69, 9.17) is 0 Å². The molecule has 1 aliphatic heterocycles. The Bertz CT molecular complexity index is 332. The van der Waals surface area contributed by atoms with Crippen LogP contribution in [0.5, 0.6) is 0 Å². The van der Waals surface area contributed by atoms with Crippen molar-refractivity contribution in [1.82, 2.24) is 14.9 Å². The van der Waals surface area contributed by atoms with Crippen LogP contribution < -0.4 is 10.2 Å². The average Bonchev–Trinajstić information content (AvgIpc) is 2.83. The van der Waals surface area contributed by atoms with Gasteiger partial charge in [-0.1, -0.05) is 0 Å². The van der Waals surface area contributed by atoms with Gasteiger partial charge in [-0.2, -0.15) is 0 Å². The van der Waals surface area contributed by atoms with Gasteiger partial charge in [0, 0.05) is 37.6 Å². The van der Waals surface area contributed by atoms with Gasteiger partial charge in [0.05, 0.1) is 0 Å². The van der Waals surface area contributed by atoms with Crippen LogP contribution in [0.3, 0.4) is 0 Å². The van der Waals surface area contributed by atoms with E-state index >= 15 is 0 Å². The lowest BCUT2D eigenvalue weighted by Gasteiger charge is -2.27. The zero-order chi connectivity index (χ0) is 11.5. The number of rotatable bonds is 4. The van der Waals surface area contributed by atoms with Crippen LogP contribution in [0.15, 0.2) is 12.4 Å². The predicted octanol–water partition coefficient (Wildman–Crippen LogP) is 1.65. The number of likely N-dealkylation sites (N-methyl/N-ethyl adjacent to an activating group) is 1. The molecule has 1 saturated heterocycles. The van der Waals surface area contributed by atoms with Crippen molar-refractivity contribution in [1.29, 1.82) is 0 Å². The summed E-state index contributed by atoms with van der Waals surface area (Å²) in [5, 5.41) is 3.27. The van der Waals surface area contributed by atoms with Crippen LogP contribution in [0.25, 0.3) is 0 Å². The first-order valence-electron chi connectivity index (χ1n) is 6.18. The molecule has 1 aromatic rings. The van der Waals surface area contributed by atoms with Gasteiger partial charge in [-0.05, 0) is 33.7 Å². The number of hydrogen-bond acceptors (Lipinski definition) is 3. The van der Waals surface area contributed by atoms with Gasteiger partial charge in [0.1, 0.15) is 0 Å². The van der Waals surface area contributed by atoms with Crippen molar-refractivity contribution in [3.8, 4) is 0 Å². The maximum atomic E-state index is 4.51.